The molecule has 1 aliphatic carbocycles. The fourth-order valence-corrected chi connectivity index (χ4v) is 3.40. The van der Waals surface area contributed by atoms with Crippen LogP contribution in [0.1, 0.15) is 54.2 Å². The van der Waals surface area contributed by atoms with Crippen LogP contribution in [0.3, 0.4) is 0 Å². The second kappa shape index (κ2) is 8.32. The summed E-state index contributed by atoms with van der Waals surface area (Å²) in [5, 5.41) is 15.5. The van der Waals surface area contributed by atoms with Crippen LogP contribution < -0.4 is 10.6 Å². The Hall–Kier alpha value is -2.40. The standard InChI is InChI=1S/C21H25FN2O2/c1-14(16-11-10-15-6-2-3-7-17(15)12-16)24-21(26)23-13-20(25)18-8-4-5-9-19(18)22/h4-5,8-12,14,20,25H,2-3,6-7,13H2,1H3,(H2,23,24,26). The molecule has 0 radical (unpaired) electrons. The Balaban J connectivity index is 1.54. The molecule has 0 aromatic heterocycles. The van der Waals surface area contributed by atoms with Gasteiger partial charge < -0.3 is 15.7 Å². The number of carbonyl (C=O) groups excluding carboxylic acids is 1. The van der Waals surface area contributed by atoms with Crippen molar-refractivity contribution < 1.29 is 14.3 Å². The molecule has 0 bridgehead atoms. The second-order valence-electron chi connectivity index (χ2n) is 6.85. The summed E-state index contributed by atoms with van der Waals surface area (Å²) in [5.41, 5.74) is 4.02. The summed E-state index contributed by atoms with van der Waals surface area (Å²) in [6.45, 7) is 1.88. The number of rotatable bonds is 5. The molecule has 0 fully saturated rings. The van der Waals surface area contributed by atoms with E-state index in [0.717, 1.165) is 18.4 Å². The quantitative estimate of drug-likeness (QED) is 0.763. The molecule has 2 unspecified atom stereocenters. The number of halogens is 1. The SMILES string of the molecule is CC(NC(=O)NCC(O)c1ccccc1F)c1ccc2c(c1)CCCC2. The Morgan fingerprint density at radius 3 is 2.65 bits per heavy atom. The van der Waals surface area contributed by atoms with Crippen molar-refractivity contribution in [3.8, 4) is 0 Å². The van der Waals surface area contributed by atoms with Gasteiger partial charge in [0, 0.05) is 12.1 Å². The van der Waals surface area contributed by atoms with Crippen molar-refractivity contribution in [1.29, 1.82) is 0 Å². The second-order valence-corrected chi connectivity index (χ2v) is 6.85. The van der Waals surface area contributed by atoms with Crippen LogP contribution in [0.4, 0.5) is 9.18 Å². The number of hydrogen-bond donors (Lipinski definition) is 3. The van der Waals surface area contributed by atoms with Crippen molar-refractivity contribution in [2.45, 2.75) is 44.8 Å². The smallest absolute Gasteiger partial charge is 0.315 e. The molecule has 2 aromatic rings. The zero-order valence-electron chi connectivity index (χ0n) is 15.0. The molecular formula is C21H25FN2O2. The van der Waals surface area contributed by atoms with Crippen LogP contribution in [0.15, 0.2) is 42.5 Å². The van der Waals surface area contributed by atoms with Crippen molar-refractivity contribution >= 4 is 6.03 Å². The van der Waals surface area contributed by atoms with Gasteiger partial charge in [-0.3, -0.25) is 0 Å². The topological polar surface area (TPSA) is 61.4 Å². The van der Waals surface area contributed by atoms with Crippen molar-refractivity contribution in [2.75, 3.05) is 6.54 Å². The van der Waals surface area contributed by atoms with E-state index in [2.05, 4.69) is 28.8 Å². The lowest BCUT2D eigenvalue weighted by Crippen LogP contribution is -2.39. The zero-order chi connectivity index (χ0) is 18.5. The average Bonchev–Trinajstić information content (AvgIpc) is 2.66. The van der Waals surface area contributed by atoms with Gasteiger partial charge in [0.2, 0.25) is 0 Å². The van der Waals surface area contributed by atoms with Crippen LogP contribution in [0.5, 0.6) is 0 Å². The first-order valence-electron chi connectivity index (χ1n) is 9.13. The van der Waals surface area contributed by atoms with Gasteiger partial charge in [0.25, 0.3) is 0 Å². The summed E-state index contributed by atoms with van der Waals surface area (Å²) < 4.78 is 13.6. The van der Waals surface area contributed by atoms with Gasteiger partial charge in [-0.2, -0.15) is 0 Å². The molecule has 2 aromatic carbocycles. The van der Waals surface area contributed by atoms with Gasteiger partial charge in [-0.15, -0.1) is 0 Å². The summed E-state index contributed by atoms with van der Waals surface area (Å²) >= 11 is 0. The number of aliphatic hydroxyl groups is 1. The van der Waals surface area contributed by atoms with Gasteiger partial charge in [0.1, 0.15) is 5.82 Å². The number of aliphatic hydroxyl groups excluding tert-OH is 1. The van der Waals surface area contributed by atoms with Gasteiger partial charge in [0.15, 0.2) is 0 Å². The third kappa shape index (κ3) is 4.41. The van der Waals surface area contributed by atoms with Crippen LogP contribution in [-0.2, 0) is 12.8 Å². The normalized spacial score (nSPS) is 15.7. The van der Waals surface area contributed by atoms with E-state index in [1.807, 2.05) is 6.92 Å². The molecule has 3 N–H and O–H groups in total. The molecule has 1 aliphatic rings. The number of nitrogens with one attached hydrogen (secondary N) is 2. The van der Waals surface area contributed by atoms with Crippen LogP contribution in [-0.4, -0.2) is 17.7 Å². The highest BCUT2D eigenvalue weighted by Crippen LogP contribution is 2.24. The number of carbonyl (C=O) groups is 1. The molecule has 0 spiro atoms. The first-order valence-corrected chi connectivity index (χ1v) is 9.13. The number of benzene rings is 2. The fraction of sp³-hybridized carbons (Fsp3) is 0.381. The molecule has 0 saturated carbocycles. The van der Waals surface area contributed by atoms with Gasteiger partial charge in [-0.25, -0.2) is 9.18 Å². The van der Waals surface area contributed by atoms with Gasteiger partial charge in [-0.1, -0.05) is 36.4 Å². The van der Waals surface area contributed by atoms with Gasteiger partial charge in [-0.05, 0) is 55.4 Å². The maximum Gasteiger partial charge on any atom is 0.315 e. The van der Waals surface area contributed by atoms with Crippen molar-refractivity contribution in [1.82, 2.24) is 10.6 Å². The minimum atomic E-state index is -1.08. The highest BCUT2D eigenvalue weighted by atomic mass is 19.1. The van der Waals surface area contributed by atoms with Crippen molar-refractivity contribution in [3.05, 3.63) is 70.5 Å². The Morgan fingerprint density at radius 2 is 1.88 bits per heavy atom. The molecular weight excluding hydrogens is 331 g/mol. The van der Waals surface area contributed by atoms with E-state index in [9.17, 15) is 14.3 Å². The molecule has 0 heterocycles. The third-order valence-corrected chi connectivity index (χ3v) is 4.94. The number of amides is 2. The molecule has 2 amide bonds. The maximum absolute atomic E-state index is 13.6. The molecule has 4 nitrogen and oxygen atoms in total. The summed E-state index contributed by atoms with van der Waals surface area (Å²) in [7, 11) is 0. The van der Waals surface area contributed by atoms with E-state index >= 15 is 0 Å². The predicted octanol–water partition coefficient (Wildman–Crippen LogP) is 3.80. The molecule has 0 saturated heterocycles. The third-order valence-electron chi connectivity index (χ3n) is 4.94. The minimum absolute atomic E-state index is 0.0519. The number of aryl methyl sites for hydroxylation is 2. The first kappa shape index (κ1) is 18.4. The Labute approximate surface area is 153 Å². The number of fused-ring (bicyclic) bond motifs is 1. The van der Waals surface area contributed by atoms with Crippen molar-refractivity contribution in [3.63, 3.8) is 0 Å². The minimum Gasteiger partial charge on any atom is -0.386 e. The van der Waals surface area contributed by atoms with Crippen LogP contribution in [0.2, 0.25) is 0 Å². The number of hydrogen-bond acceptors (Lipinski definition) is 2. The summed E-state index contributed by atoms with van der Waals surface area (Å²) in [4.78, 5) is 12.1. The molecule has 3 rings (SSSR count). The molecule has 5 heteroatoms. The molecule has 2 atom stereocenters. The highest BCUT2D eigenvalue weighted by molar-refractivity contribution is 5.74. The molecule has 0 aliphatic heterocycles. The molecule has 26 heavy (non-hydrogen) atoms. The summed E-state index contributed by atoms with van der Waals surface area (Å²) in [6, 6.07) is 11.9. The monoisotopic (exact) mass is 356 g/mol. The largest absolute Gasteiger partial charge is 0.386 e. The first-order chi connectivity index (χ1) is 12.5. The zero-order valence-corrected chi connectivity index (χ0v) is 15.0. The lowest BCUT2D eigenvalue weighted by Gasteiger charge is -2.20. The predicted molar refractivity (Wildman–Crippen MR) is 99.4 cm³/mol. The Bertz CT molecular complexity index is 778. The fourth-order valence-electron chi connectivity index (χ4n) is 3.40. The Morgan fingerprint density at radius 1 is 1.15 bits per heavy atom. The highest BCUT2D eigenvalue weighted by Gasteiger charge is 2.16. The van der Waals surface area contributed by atoms with E-state index in [4.69, 9.17) is 0 Å². The van der Waals surface area contributed by atoms with E-state index < -0.39 is 11.9 Å². The van der Waals surface area contributed by atoms with Crippen LogP contribution in [0, 0.1) is 5.82 Å². The maximum atomic E-state index is 13.6. The van der Waals surface area contributed by atoms with E-state index in [1.165, 1.54) is 36.1 Å². The van der Waals surface area contributed by atoms with Gasteiger partial charge >= 0.3 is 6.03 Å². The average molecular weight is 356 g/mol. The summed E-state index contributed by atoms with van der Waals surface area (Å²) in [5.74, 6) is -0.482. The van der Waals surface area contributed by atoms with E-state index in [-0.39, 0.29) is 24.2 Å². The van der Waals surface area contributed by atoms with Crippen LogP contribution in [0.25, 0.3) is 0 Å². The van der Waals surface area contributed by atoms with Gasteiger partial charge in [0.05, 0.1) is 12.1 Å². The summed E-state index contributed by atoms with van der Waals surface area (Å²) in [6.07, 6.45) is 3.60. The Kier molecular flexibility index (Phi) is 5.89. The number of urea groups is 1. The van der Waals surface area contributed by atoms with Crippen LogP contribution >= 0.6 is 0 Å². The van der Waals surface area contributed by atoms with E-state index in [1.54, 1.807) is 12.1 Å². The van der Waals surface area contributed by atoms with E-state index in [0.29, 0.717) is 0 Å². The molecule has 138 valence electrons. The lowest BCUT2D eigenvalue weighted by atomic mass is 9.89. The van der Waals surface area contributed by atoms with Crippen molar-refractivity contribution in [2.24, 2.45) is 0 Å². The lowest BCUT2D eigenvalue weighted by molar-refractivity contribution is 0.168.